The summed E-state index contributed by atoms with van der Waals surface area (Å²) in [5, 5.41) is 10.2. The predicted molar refractivity (Wildman–Crippen MR) is 109 cm³/mol. The average Bonchev–Trinajstić information content (AvgIpc) is 3.45. The minimum Gasteiger partial charge on any atom is -0.485 e. The SMILES string of the molecule is CC(NC(=O)Nc1ccc(OCc2noc(C3CC3)n2)cc1)c1cccc(Cl)c1. The molecule has 1 atom stereocenters. The van der Waals surface area contributed by atoms with E-state index in [1.807, 2.05) is 25.1 Å². The minimum absolute atomic E-state index is 0.174. The van der Waals surface area contributed by atoms with Crippen molar-refractivity contribution in [3.63, 3.8) is 0 Å². The Morgan fingerprint density at radius 3 is 2.79 bits per heavy atom. The number of nitrogens with zero attached hydrogens (tertiary/aromatic N) is 2. The van der Waals surface area contributed by atoms with E-state index in [0.29, 0.717) is 34.1 Å². The van der Waals surface area contributed by atoms with E-state index in [1.165, 1.54) is 0 Å². The molecule has 1 aromatic heterocycles. The Labute approximate surface area is 173 Å². The first-order chi connectivity index (χ1) is 14.1. The maximum absolute atomic E-state index is 12.2. The molecule has 1 heterocycles. The fourth-order valence-electron chi connectivity index (χ4n) is 2.83. The molecule has 4 rings (SSSR count). The van der Waals surface area contributed by atoms with Crippen LogP contribution in [0.15, 0.2) is 53.1 Å². The largest absolute Gasteiger partial charge is 0.485 e. The molecule has 150 valence electrons. The number of benzene rings is 2. The minimum atomic E-state index is -0.300. The van der Waals surface area contributed by atoms with E-state index in [9.17, 15) is 4.79 Å². The van der Waals surface area contributed by atoms with Crippen LogP contribution >= 0.6 is 11.6 Å². The molecule has 2 aromatic carbocycles. The fraction of sp³-hybridized carbons (Fsp3) is 0.286. The van der Waals surface area contributed by atoms with Gasteiger partial charge in [0.25, 0.3) is 0 Å². The molecule has 1 aliphatic rings. The third-order valence-corrected chi connectivity index (χ3v) is 4.82. The van der Waals surface area contributed by atoms with Gasteiger partial charge in [-0.3, -0.25) is 0 Å². The van der Waals surface area contributed by atoms with Crippen molar-refractivity contribution in [3.8, 4) is 5.75 Å². The highest BCUT2D eigenvalue weighted by Crippen LogP contribution is 2.38. The zero-order valence-corrected chi connectivity index (χ0v) is 16.6. The number of hydrogen-bond donors (Lipinski definition) is 2. The van der Waals surface area contributed by atoms with Crippen LogP contribution in [-0.4, -0.2) is 16.2 Å². The van der Waals surface area contributed by atoms with E-state index in [2.05, 4.69) is 20.8 Å². The second-order valence-corrected chi connectivity index (χ2v) is 7.45. The number of aromatic nitrogens is 2. The molecule has 1 unspecified atom stereocenters. The van der Waals surface area contributed by atoms with Crippen molar-refractivity contribution in [2.75, 3.05) is 5.32 Å². The Bertz CT molecular complexity index is 986. The van der Waals surface area contributed by atoms with Crippen molar-refractivity contribution < 1.29 is 14.1 Å². The van der Waals surface area contributed by atoms with Gasteiger partial charge in [-0.05, 0) is 61.7 Å². The number of carbonyl (C=O) groups excluding carboxylic acids is 1. The Morgan fingerprint density at radius 1 is 1.28 bits per heavy atom. The third-order valence-electron chi connectivity index (χ3n) is 4.59. The van der Waals surface area contributed by atoms with Crippen LogP contribution in [0, 0.1) is 0 Å². The molecule has 0 saturated heterocycles. The number of ether oxygens (including phenoxy) is 1. The van der Waals surface area contributed by atoms with Gasteiger partial charge in [0.2, 0.25) is 11.7 Å². The van der Waals surface area contributed by atoms with Gasteiger partial charge in [0.05, 0.1) is 6.04 Å². The molecule has 29 heavy (non-hydrogen) atoms. The van der Waals surface area contributed by atoms with Crippen LogP contribution in [-0.2, 0) is 6.61 Å². The van der Waals surface area contributed by atoms with Gasteiger partial charge in [-0.25, -0.2) is 4.79 Å². The van der Waals surface area contributed by atoms with Crippen LogP contribution in [0.25, 0.3) is 0 Å². The number of anilines is 1. The number of carbonyl (C=O) groups is 1. The van der Waals surface area contributed by atoms with Crippen LogP contribution in [0.4, 0.5) is 10.5 Å². The van der Waals surface area contributed by atoms with Gasteiger partial charge in [0, 0.05) is 16.6 Å². The van der Waals surface area contributed by atoms with Crippen molar-refractivity contribution in [3.05, 3.63) is 70.8 Å². The first-order valence-corrected chi connectivity index (χ1v) is 9.83. The molecule has 0 bridgehead atoms. The molecule has 2 N–H and O–H groups in total. The van der Waals surface area contributed by atoms with Gasteiger partial charge in [0.15, 0.2) is 6.61 Å². The third kappa shape index (κ3) is 5.26. The first kappa shape index (κ1) is 19.3. The molecule has 3 aromatic rings. The molecule has 0 aliphatic heterocycles. The quantitative estimate of drug-likeness (QED) is 0.566. The molecular weight excluding hydrogens is 392 g/mol. The van der Waals surface area contributed by atoms with Gasteiger partial charge < -0.3 is 19.9 Å². The van der Waals surface area contributed by atoms with Gasteiger partial charge >= 0.3 is 6.03 Å². The van der Waals surface area contributed by atoms with Crippen molar-refractivity contribution in [2.45, 2.75) is 38.3 Å². The molecule has 1 fully saturated rings. The molecule has 1 aliphatic carbocycles. The summed E-state index contributed by atoms with van der Waals surface area (Å²) in [7, 11) is 0. The normalized spacial score (nSPS) is 14.3. The summed E-state index contributed by atoms with van der Waals surface area (Å²) < 4.78 is 10.9. The second kappa shape index (κ2) is 8.53. The number of nitrogens with one attached hydrogen (secondary N) is 2. The lowest BCUT2D eigenvalue weighted by Gasteiger charge is -2.15. The summed E-state index contributed by atoms with van der Waals surface area (Å²) in [4.78, 5) is 16.6. The van der Waals surface area contributed by atoms with Crippen LogP contribution in [0.3, 0.4) is 0 Å². The topological polar surface area (TPSA) is 89.3 Å². The van der Waals surface area contributed by atoms with Crippen LogP contribution < -0.4 is 15.4 Å². The van der Waals surface area contributed by atoms with E-state index in [1.54, 1.807) is 30.3 Å². The monoisotopic (exact) mass is 412 g/mol. The lowest BCUT2D eigenvalue weighted by Crippen LogP contribution is -2.31. The standard InChI is InChI=1S/C21H21ClN4O3/c1-13(15-3-2-4-16(22)11-15)23-21(27)24-17-7-9-18(10-8-17)28-12-19-25-20(29-26-19)14-5-6-14/h2-4,7-11,13-14H,5-6,12H2,1H3,(H2,23,24,27). The van der Waals surface area contributed by atoms with Gasteiger partial charge in [-0.2, -0.15) is 4.98 Å². The van der Waals surface area contributed by atoms with Gasteiger partial charge in [-0.1, -0.05) is 28.9 Å². The molecular formula is C21H21ClN4O3. The number of hydrogen-bond acceptors (Lipinski definition) is 5. The van der Waals surface area contributed by atoms with Crippen LogP contribution in [0.1, 0.15) is 49.0 Å². The summed E-state index contributed by atoms with van der Waals surface area (Å²) in [6.07, 6.45) is 2.23. The highest BCUT2D eigenvalue weighted by atomic mass is 35.5. The number of halogens is 1. The molecule has 7 nitrogen and oxygen atoms in total. The summed E-state index contributed by atoms with van der Waals surface area (Å²) >= 11 is 6.00. The summed E-state index contributed by atoms with van der Waals surface area (Å²) in [6, 6.07) is 14.0. The average molecular weight is 413 g/mol. The maximum Gasteiger partial charge on any atom is 0.319 e. The zero-order valence-electron chi connectivity index (χ0n) is 15.9. The zero-order chi connectivity index (χ0) is 20.2. The highest BCUT2D eigenvalue weighted by Gasteiger charge is 2.29. The van der Waals surface area contributed by atoms with Crippen molar-refractivity contribution >= 4 is 23.3 Å². The van der Waals surface area contributed by atoms with Gasteiger partial charge in [0.1, 0.15) is 5.75 Å². The van der Waals surface area contributed by atoms with E-state index >= 15 is 0 Å². The number of rotatable bonds is 7. The lowest BCUT2D eigenvalue weighted by molar-refractivity contribution is 0.249. The Balaban J connectivity index is 1.26. The van der Waals surface area contributed by atoms with Crippen molar-refractivity contribution in [2.24, 2.45) is 0 Å². The first-order valence-electron chi connectivity index (χ1n) is 9.45. The van der Waals surface area contributed by atoms with Crippen LogP contribution in [0.2, 0.25) is 5.02 Å². The van der Waals surface area contributed by atoms with Gasteiger partial charge in [-0.15, -0.1) is 0 Å². The predicted octanol–water partition coefficient (Wildman–Crippen LogP) is 5.06. The molecule has 0 radical (unpaired) electrons. The van der Waals surface area contributed by atoms with Crippen molar-refractivity contribution in [1.29, 1.82) is 0 Å². The number of urea groups is 1. The molecule has 8 heteroatoms. The smallest absolute Gasteiger partial charge is 0.319 e. The van der Waals surface area contributed by atoms with E-state index in [4.69, 9.17) is 20.9 Å². The van der Waals surface area contributed by atoms with Crippen molar-refractivity contribution in [1.82, 2.24) is 15.5 Å². The van der Waals surface area contributed by atoms with E-state index in [0.717, 1.165) is 18.4 Å². The lowest BCUT2D eigenvalue weighted by atomic mass is 10.1. The Hall–Kier alpha value is -3.06. The molecule has 0 spiro atoms. The van der Waals surface area contributed by atoms with E-state index < -0.39 is 0 Å². The summed E-state index contributed by atoms with van der Waals surface area (Å²) in [6.45, 7) is 2.13. The molecule has 2 amide bonds. The number of amides is 2. The van der Waals surface area contributed by atoms with E-state index in [-0.39, 0.29) is 18.7 Å². The summed E-state index contributed by atoms with van der Waals surface area (Å²) in [5.74, 6) is 2.31. The molecule has 1 saturated carbocycles. The highest BCUT2D eigenvalue weighted by molar-refractivity contribution is 6.30. The van der Waals surface area contributed by atoms with Crippen LogP contribution in [0.5, 0.6) is 5.75 Å². The maximum atomic E-state index is 12.2. The second-order valence-electron chi connectivity index (χ2n) is 7.01. The Kier molecular flexibility index (Phi) is 5.67. The summed E-state index contributed by atoms with van der Waals surface area (Å²) in [5.41, 5.74) is 1.59. The Morgan fingerprint density at radius 2 is 2.07 bits per heavy atom. The fourth-order valence-corrected chi connectivity index (χ4v) is 3.03.